The van der Waals surface area contributed by atoms with Gasteiger partial charge in [-0.25, -0.2) is 13.1 Å². The van der Waals surface area contributed by atoms with Crippen LogP contribution in [0.1, 0.15) is 6.92 Å². The van der Waals surface area contributed by atoms with Gasteiger partial charge in [-0.3, -0.25) is 4.79 Å². The predicted octanol–water partition coefficient (Wildman–Crippen LogP) is 2.12. The Morgan fingerprint density at radius 3 is 2.47 bits per heavy atom. The Morgan fingerprint density at radius 1 is 1.00 bits per heavy atom. The van der Waals surface area contributed by atoms with Crippen molar-refractivity contribution in [3.8, 4) is 28.8 Å². The Hall–Kier alpha value is -4.23. The quantitative estimate of drug-likeness (QED) is 0.305. The van der Waals surface area contributed by atoms with Gasteiger partial charge >= 0.3 is 0 Å². The van der Waals surface area contributed by atoms with Crippen LogP contribution in [-0.4, -0.2) is 61.5 Å². The Balaban J connectivity index is 1.42. The molecule has 0 aliphatic heterocycles. The number of rotatable bonds is 10. The fraction of sp³-hybridized carbons (Fsp3) is 0.217. The van der Waals surface area contributed by atoms with E-state index in [-0.39, 0.29) is 29.8 Å². The van der Waals surface area contributed by atoms with Gasteiger partial charge in [-0.2, -0.15) is 4.52 Å². The van der Waals surface area contributed by atoms with E-state index >= 15 is 0 Å². The van der Waals surface area contributed by atoms with Crippen molar-refractivity contribution in [3.63, 3.8) is 0 Å². The number of carbonyl (C=O) groups excluding carboxylic acids is 1. The van der Waals surface area contributed by atoms with Crippen LogP contribution in [0.15, 0.2) is 59.5 Å². The second kappa shape index (κ2) is 10.6. The number of methoxy groups -OCH3 is 2. The molecule has 0 unspecified atom stereocenters. The standard InChI is InChI=1S/C23H24N6O6S/c1-15(30)25-16-4-7-18(8-5-16)36(31,32)24-12-13-35-22-11-10-21-26-27-23(29(21)28-22)19-9-6-17(33-2)14-20(19)34-3/h4-11,14,24H,12-13H2,1-3H3,(H,25,30). The Labute approximate surface area is 207 Å². The molecule has 4 rings (SSSR count). The topological polar surface area (TPSA) is 146 Å². The molecule has 0 aliphatic rings. The fourth-order valence-electron chi connectivity index (χ4n) is 3.34. The van der Waals surface area contributed by atoms with Crippen LogP contribution in [0, 0.1) is 0 Å². The molecule has 2 heterocycles. The first-order valence-corrected chi connectivity index (χ1v) is 12.2. The van der Waals surface area contributed by atoms with Gasteiger partial charge < -0.3 is 19.5 Å². The third-order valence-corrected chi connectivity index (χ3v) is 6.49. The van der Waals surface area contributed by atoms with E-state index in [1.54, 1.807) is 44.6 Å². The molecule has 0 saturated carbocycles. The number of hydrogen-bond donors (Lipinski definition) is 2. The number of benzene rings is 2. The van der Waals surface area contributed by atoms with E-state index in [0.29, 0.717) is 34.2 Å². The van der Waals surface area contributed by atoms with Crippen LogP contribution in [0.2, 0.25) is 0 Å². The minimum absolute atomic E-state index is 0.0108. The van der Waals surface area contributed by atoms with Crippen molar-refractivity contribution < 1.29 is 27.4 Å². The molecule has 12 nitrogen and oxygen atoms in total. The number of amides is 1. The van der Waals surface area contributed by atoms with Gasteiger partial charge in [0.1, 0.15) is 18.1 Å². The Kier molecular flexibility index (Phi) is 7.31. The number of hydrogen-bond acceptors (Lipinski definition) is 9. The maximum Gasteiger partial charge on any atom is 0.240 e. The minimum Gasteiger partial charge on any atom is -0.497 e. The van der Waals surface area contributed by atoms with E-state index in [2.05, 4.69) is 25.3 Å². The number of carbonyl (C=O) groups is 1. The van der Waals surface area contributed by atoms with Crippen LogP contribution in [0.5, 0.6) is 17.4 Å². The van der Waals surface area contributed by atoms with Crippen LogP contribution in [-0.2, 0) is 14.8 Å². The number of fused-ring (bicyclic) bond motifs is 1. The largest absolute Gasteiger partial charge is 0.497 e. The van der Waals surface area contributed by atoms with Gasteiger partial charge in [0.2, 0.25) is 21.8 Å². The normalized spacial score (nSPS) is 11.3. The zero-order valence-corrected chi connectivity index (χ0v) is 20.6. The predicted molar refractivity (Wildman–Crippen MR) is 131 cm³/mol. The third-order valence-electron chi connectivity index (χ3n) is 5.02. The second-order valence-electron chi connectivity index (χ2n) is 7.48. The number of sulfonamides is 1. The van der Waals surface area contributed by atoms with E-state index in [9.17, 15) is 13.2 Å². The summed E-state index contributed by atoms with van der Waals surface area (Å²) in [5.41, 5.74) is 1.67. The number of aromatic nitrogens is 4. The van der Waals surface area contributed by atoms with E-state index in [4.69, 9.17) is 14.2 Å². The molecule has 0 fully saturated rings. The van der Waals surface area contributed by atoms with Gasteiger partial charge in [-0.1, -0.05) is 0 Å². The molecule has 0 atom stereocenters. The highest BCUT2D eigenvalue weighted by Crippen LogP contribution is 2.32. The highest BCUT2D eigenvalue weighted by Gasteiger charge is 2.17. The summed E-state index contributed by atoms with van der Waals surface area (Å²) in [7, 11) is -0.645. The van der Waals surface area contributed by atoms with E-state index in [0.717, 1.165) is 0 Å². The highest BCUT2D eigenvalue weighted by molar-refractivity contribution is 7.89. The summed E-state index contributed by atoms with van der Waals surface area (Å²) in [4.78, 5) is 11.2. The molecule has 0 saturated heterocycles. The first-order valence-electron chi connectivity index (χ1n) is 10.8. The summed E-state index contributed by atoms with van der Waals surface area (Å²) < 4.78 is 45.4. The number of anilines is 1. The van der Waals surface area contributed by atoms with Gasteiger partial charge in [0.25, 0.3) is 0 Å². The molecule has 0 aliphatic carbocycles. The van der Waals surface area contributed by atoms with Crippen molar-refractivity contribution in [2.24, 2.45) is 0 Å². The van der Waals surface area contributed by atoms with Crippen LogP contribution in [0.3, 0.4) is 0 Å². The molecule has 4 aromatic rings. The van der Waals surface area contributed by atoms with Gasteiger partial charge in [0.05, 0.1) is 24.7 Å². The third kappa shape index (κ3) is 5.53. The fourth-order valence-corrected chi connectivity index (χ4v) is 4.35. The molecule has 0 radical (unpaired) electrons. The molecule has 2 N–H and O–H groups in total. The summed E-state index contributed by atoms with van der Waals surface area (Å²) in [5.74, 6) is 1.63. The average Bonchev–Trinajstić information content (AvgIpc) is 3.29. The molecule has 188 valence electrons. The summed E-state index contributed by atoms with van der Waals surface area (Å²) in [6.45, 7) is 1.42. The molecule has 13 heteroatoms. The zero-order valence-electron chi connectivity index (χ0n) is 19.8. The second-order valence-corrected chi connectivity index (χ2v) is 9.25. The molecular weight excluding hydrogens is 488 g/mol. The van der Waals surface area contributed by atoms with E-state index in [1.807, 2.05) is 0 Å². The molecule has 2 aromatic carbocycles. The van der Waals surface area contributed by atoms with Crippen molar-refractivity contribution >= 4 is 27.3 Å². The van der Waals surface area contributed by atoms with Crippen molar-refractivity contribution in [2.45, 2.75) is 11.8 Å². The van der Waals surface area contributed by atoms with Crippen LogP contribution in [0.25, 0.3) is 17.0 Å². The zero-order chi connectivity index (χ0) is 25.7. The Morgan fingerprint density at radius 2 is 1.78 bits per heavy atom. The van der Waals surface area contributed by atoms with E-state index < -0.39 is 10.0 Å². The highest BCUT2D eigenvalue weighted by atomic mass is 32.2. The van der Waals surface area contributed by atoms with Crippen LogP contribution < -0.4 is 24.2 Å². The molecular formula is C23H24N6O6S. The van der Waals surface area contributed by atoms with Gasteiger partial charge in [0, 0.05) is 31.3 Å². The minimum atomic E-state index is -3.75. The van der Waals surface area contributed by atoms with Gasteiger partial charge in [0.15, 0.2) is 11.5 Å². The Bertz CT molecular complexity index is 1490. The van der Waals surface area contributed by atoms with Gasteiger partial charge in [-0.05, 0) is 42.5 Å². The summed E-state index contributed by atoms with van der Waals surface area (Å²) in [6, 6.07) is 14.5. The maximum absolute atomic E-state index is 12.5. The smallest absolute Gasteiger partial charge is 0.240 e. The molecule has 1 amide bonds. The van der Waals surface area contributed by atoms with E-state index in [1.165, 1.54) is 35.7 Å². The van der Waals surface area contributed by atoms with Crippen molar-refractivity contribution in [1.82, 2.24) is 24.5 Å². The van der Waals surface area contributed by atoms with Crippen LogP contribution >= 0.6 is 0 Å². The SMILES string of the molecule is COc1ccc(-c2nnc3ccc(OCCNS(=O)(=O)c4ccc(NC(C)=O)cc4)nn23)c(OC)c1. The molecule has 0 spiro atoms. The van der Waals surface area contributed by atoms with Crippen molar-refractivity contribution in [1.29, 1.82) is 0 Å². The molecule has 2 aromatic heterocycles. The monoisotopic (exact) mass is 512 g/mol. The van der Waals surface area contributed by atoms with Gasteiger partial charge in [-0.15, -0.1) is 15.3 Å². The number of nitrogens with one attached hydrogen (secondary N) is 2. The lowest BCUT2D eigenvalue weighted by atomic mass is 10.2. The molecule has 0 bridgehead atoms. The number of nitrogens with zero attached hydrogens (tertiary/aromatic N) is 4. The summed E-state index contributed by atoms with van der Waals surface area (Å²) >= 11 is 0. The lowest BCUT2D eigenvalue weighted by molar-refractivity contribution is -0.114. The summed E-state index contributed by atoms with van der Waals surface area (Å²) in [6.07, 6.45) is 0. The lowest BCUT2D eigenvalue weighted by Gasteiger charge is -2.10. The van der Waals surface area contributed by atoms with Crippen molar-refractivity contribution in [2.75, 3.05) is 32.7 Å². The summed E-state index contributed by atoms with van der Waals surface area (Å²) in [5, 5.41) is 15.4. The lowest BCUT2D eigenvalue weighted by Crippen LogP contribution is -2.28. The first kappa shape index (κ1) is 24.9. The molecule has 36 heavy (non-hydrogen) atoms. The average molecular weight is 513 g/mol. The first-order chi connectivity index (χ1) is 17.3. The van der Waals surface area contributed by atoms with Crippen LogP contribution in [0.4, 0.5) is 5.69 Å². The number of ether oxygens (including phenoxy) is 3. The van der Waals surface area contributed by atoms with Crippen molar-refractivity contribution in [3.05, 3.63) is 54.6 Å². The maximum atomic E-state index is 12.5.